The summed E-state index contributed by atoms with van der Waals surface area (Å²) in [6.45, 7) is 10.5. The monoisotopic (exact) mass is 1660 g/mol. The fraction of sp³-hybridized carbons (Fsp3) is 0.154. The summed E-state index contributed by atoms with van der Waals surface area (Å²) in [7, 11) is 1.00. The van der Waals surface area contributed by atoms with Crippen LogP contribution in [0.25, 0.3) is 51.1 Å². The van der Waals surface area contributed by atoms with Crippen molar-refractivity contribution in [1.29, 1.82) is 0 Å². The molecule has 618 valence electrons. The Balaban J connectivity index is 0.000000316. The van der Waals surface area contributed by atoms with Crippen LogP contribution in [-0.4, -0.2) is 143 Å². The number of esters is 1. The number of Topliss-reactive ketones (excluding diaryl/α,β-unsaturated/α-hetero) is 1. The summed E-state index contributed by atoms with van der Waals surface area (Å²) in [4.78, 5) is 115. The summed E-state index contributed by atoms with van der Waals surface area (Å²) in [5, 5.41) is 65.1. The zero-order chi connectivity index (χ0) is 86.1. The molecule has 2 aromatic heterocycles. The van der Waals surface area contributed by atoms with Gasteiger partial charge in [0.15, 0.2) is 38.0 Å². The fourth-order valence-corrected chi connectivity index (χ4v) is 10.2. The Morgan fingerprint density at radius 1 is 0.458 bits per heavy atom. The minimum Gasteiger partial charge on any atom is -0.870 e. The first kappa shape index (κ1) is 98.9. The molecule has 0 saturated heterocycles. The number of carbonyl (C=O) groups is 7. The molecular formula is C91H91KN6O22. The van der Waals surface area contributed by atoms with Gasteiger partial charge in [0.1, 0.15) is 52.3 Å². The normalized spacial score (nSPS) is 9.94. The number of phenolic OH excluding ortho intramolecular Hbond substituents is 4. The maximum atomic E-state index is 12.2. The zero-order valence-electron chi connectivity index (χ0n) is 67.0. The minimum atomic E-state index is -1.07. The smallest absolute Gasteiger partial charge is 0.870 e. The number of nitrogens with one attached hydrogen (secondary N) is 3. The molecule has 10 aromatic carbocycles. The molecule has 0 atom stereocenters. The molecule has 0 radical (unpaired) electrons. The summed E-state index contributed by atoms with van der Waals surface area (Å²) >= 11 is 0. The van der Waals surface area contributed by atoms with E-state index in [-0.39, 0.29) is 111 Å². The average molecular weight is 1660 g/mol. The summed E-state index contributed by atoms with van der Waals surface area (Å²) in [6.07, 6.45) is 3.76. The number of carbonyl (C=O) groups excluding carboxylic acids is 5. The molecule has 0 aliphatic rings. The average Bonchev–Trinajstić information content (AvgIpc) is 0.813. The number of ether oxygens (including phenoxy) is 5. The largest absolute Gasteiger partial charge is 1.00 e. The van der Waals surface area contributed by atoms with Crippen molar-refractivity contribution >= 4 is 47.7 Å². The van der Waals surface area contributed by atoms with E-state index >= 15 is 0 Å². The Bertz CT molecular complexity index is 5530. The van der Waals surface area contributed by atoms with E-state index in [2.05, 4.69) is 30.0 Å². The van der Waals surface area contributed by atoms with E-state index in [4.69, 9.17) is 45.1 Å². The number of nitrogens with zero attached hydrogens (tertiary/aromatic N) is 2. The topological polar surface area (TPSA) is 467 Å². The number of carboxylic acid groups (broad SMARTS) is 2. The number of hydrogen-bond acceptors (Lipinski definition) is 23. The number of aldehydes is 1. The number of amides is 1. The van der Waals surface area contributed by atoms with E-state index in [0.29, 0.717) is 110 Å². The van der Waals surface area contributed by atoms with Gasteiger partial charge in [-0.2, -0.15) is 9.97 Å². The van der Waals surface area contributed by atoms with Crippen LogP contribution >= 0.6 is 0 Å². The van der Waals surface area contributed by atoms with Crippen molar-refractivity contribution in [3.8, 4) is 91.0 Å². The number of ketones is 2. The number of hydrogen-bond donors (Lipinski definition) is 11. The van der Waals surface area contributed by atoms with Gasteiger partial charge in [0.05, 0.1) is 29.4 Å². The van der Waals surface area contributed by atoms with Crippen molar-refractivity contribution in [2.24, 2.45) is 5.73 Å². The van der Waals surface area contributed by atoms with Crippen LogP contribution < -0.4 is 92.8 Å². The number of aliphatic carboxylic acids is 2. The molecule has 28 nitrogen and oxygen atoms in total. The van der Waals surface area contributed by atoms with Crippen LogP contribution in [0.1, 0.15) is 83.9 Å². The second-order valence-electron chi connectivity index (χ2n) is 25.2. The van der Waals surface area contributed by atoms with Crippen molar-refractivity contribution in [3.05, 3.63) is 325 Å². The van der Waals surface area contributed by atoms with Crippen LogP contribution in [0, 0.1) is 27.7 Å². The van der Waals surface area contributed by atoms with Crippen LogP contribution in [0.4, 0.5) is 0 Å². The number of aryl methyl sites for hydroxylation is 4. The van der Waals surface area contributed by atoms with Crippen molar-refractivity contribution in [2.75, 3.05) is 40.1 Å². The van der Waals surface area contributed by atoms with E-state index in [1.54, 1.807) is 204 Å². The molecule has 120 heavy (non-hydrogen) atoms. The molecule has 12 aromatic rings. The Labute approximate surface area is 734 Å². The van der Waals surface area contributed by atoms with E-state index < -0.39 is 42.5 Å². The number of benzene rings is 10. The van der Waals surface area contributed by atoms with Crippen LogP contribution in [0.5, 0.6) is 46.0 Å². The fourth-order valence-electron chi connectivity index (χ4n) is 10.2. The third-order valence-corrected chi connectivity index (χ3v) is 16.3. The number of aromatic amines is 2. The number of carboxylic acids is 2. The quantitative estimate of drug-likeness (QED) is 0.00832. The number of phenols is 4. The first-order chi connectivity index (χ1) is 56.6. The number of aromatic nitrogens is 4. The number of aliphatic hydroxyl groups excluding tert-OH is 1. The van der Waals surface area contributed by atoms with E-state index in [9.17, 15) is 58.5 Å². The third-order valence-electron chi connectivity index (χ3n) is 16.3. The van der Waals surface area contributed by atoms with Crippen LogP contribution in [-0.2, 0) is 37.0 Å². The molecular weight excluding hydrogens is 1570 g/mol. The predicted octanol–water partition coefficient (Wildman–Crippen LogP) is 10.4. The van der Waals surface area contributed by atoms with Gasteiger partial charge in [-0.05, 0) is 231 Å². The molecule has 0 bridgehead atoms. The van der Waals surface area contributed by atoms with Crippen LogP contribution in [0.3, 0.4) is 0 Å². The molecule has 13 N–H and O–H groups in total. The Morgan fingerprint density at radius 3 is 1.28 bits per heavy atom. The van der Waals surface area contributed by atoms with Gasteiger partial charge in [-0.3, -0.25) is 19.2 Å². The van der Waals surface area contributed by atoms with Gasteiger partial charge in [-0.25, -0.2) is 24.0 Å². The second-order valence-corrected chi connectivity index (χ2v) is 25.2. The van der Waals surface area contributed by atoms with Crippen molar-refractivity contribution in [1.82, 2.24) is 25.3 Å². The Morgan fingerprint density at radius 2 is 0.858 bits per heavy atom. The second kappa shape index (κ2) is 52.2. The SMILES string of the molecule is CC(=O)c1ccc(O)c(C)c1.CCOC(=O)COc1cccc(C=O)c1.CO.Cc1cc(-c2cc(-c3cccc(OCC(=O)NCc4ccccc4)c3)nc(=O)[nH]2)ccc1O.Cc1cc(-c2cc(-c3cccc(OCC(=O)O)c3)nc(=O)[nH]2)ccc1O.Cc1cc(C(=O)/C=C/c2cccc(OCC(=O)O)c2)ccc1O.NCc1ccccc1.[K+].[OH-]. The molecule has 0 fully saturated rings. The van der Waals surface area contributed by atoms with Crippen LogP contribution in [0.2, 0.25) is 0 Å². The molecule has 29 heteroatoms. The van der Waals surface area contributed by atoms with Crippen LogP contribution in [0.15, 0.2) is 258 Å². The van der Waals surface area contributed by atoms with E-state index in [1.165, 1.54) is 30.7 Å². The number of rotatable bonds is 25. The molecule has 0 saturated carbocycles. The first-order valence-corrected chi connectivity index (χ1v) is 36.3. The standard InChI is InChI=1S/C26H23N3O4.C19H16N2O5.C18H16O5.C11H12O4.C9H10O2.C7H9N.CH4O.K.H2O/c1-17-12-20(10-11-24(17)30)23-14-22(28-26(32)29-23)19-8-5-9-21(13-19)33-16-25(31)27-15-18-6-3-2-4-7-18;1-11-7-13(5-6-17(11)22)16-9-15(20-19(25)21-16)12-3-2-4-14(8-12)26-10-18(23)24;1-12-9-14(6-8-16(12)19)17(20)7-5-13-3-2-4-15(10-13)23-11-18(21)22;1-2-14-11(13)8-15-10-5-3-4-9(6-10)7-12;1-6-5-8(7(2)10)3-4-9(6)11;8-6-7-4-2-1-3-5-7;1-2;;/h2-14,30H,15-16H2,1H3,(H,27,31)(H,28,29,32);2-9,22H,10H2,1H3,(H,23,24)(H,20,21,25);2-10,19H,11H2,1H3,(H,21,22);3-7H,2,8H2,1H3;3-5,11H,1-2H3;1-5H,6,8H2;2H,1H3;;1H2/q;;;;;;;+1;/p-1/b;;7-5+;;;;;;. The van der Waals surface area contributed by atoms with E-state index in [0.717, 1.165) is 41.2 Å². The molecule has 0 unspecified atom stereocenters. The maximum Gasteiger partial charge on any atom is 1.00 e. The number of allylic oxidation sites excluding steroid dienone is 1. The van der Waals surface area contributed by atoms with Crippen molar-refractivity contribution in [2.45, 2.75) is 54.6 Å². The minimum absolute atomic E-state index is 0. The van der Waals surface area contributed by atoms with Gasteiger partial charge in [0.2, 0.25) is 0 Å². The molecule has 12 rings (SSSR count). The Kier molecular flexibility index (Phi) is 43.0. The third kappa shape index (κ3) is 34.7. The van der Waals surface area contributed by atoms with Gasteiger partial charge >= 0.3 is 80.7 Å². The maximum absolute atomic E-state index is 12.2. The number of aliphatic hydroxyl groups is 1. The van der Waals surface area contributed by atoms with Gasteiger partial charge in [-0.1, -0.05) is 115 Å². The molecule has 2 heterocycles. The number of nitrogens with two attached hydrogens (primary N) is 1. The molecule has 0 aliphatic carbocycles. The zero-order valence-corrected chi connectivity index (χ0v) is 70.2. The first-order valence-electron chi connectivity index (χ1n) is 36.3. The summed E-state index contributed by atoms with van der Waals surface area (Å²) in [5.74, 6) is -0.449. The van der Waals surface area contributed by atoms with Gasteiger partial charge in [0, 0.05) is 48.0 Å². The summed E-state index contributed by atoms with van der Waals surface area (Å²) in [5.41, 5.74) is 16.5. The van der Waals surface area contributed by atoms with E-state index in [1.807, 2.05) is 66.7 Å². The van der Waals surface area contributed by atoms with Gasteiger partial charge < -0.3 is 85.9 Å². The molecule has 0 aliphatic heterocycles. The summed E-state index contributed by atoms with van der Waals surface area (Å²) < 4.78 is 25.7. The van der Waals surface area contributed by atoms with Crippen molar-refractivity contribution in [3.63, 3.8) is 0 Å². The summed E-state index contributed by atoms with van der Waals surface area (Å²) in [6, 6.07) is 69.8. The van der Waals surface area contributed by atoms with Gasteiger partial charge in [0.25, 0.3) is 5.91 Å². The number of aromatic hydroxyl groups is 4. The Hall–Kier alpha value is -13.5. The van der Waals surface area contributed by atoms with Crippen molar-refractivity contribution < 1.29 is 150 Å². The molecule has 1 amide bonds. The predicted molar refractivity (Wildman–Crippen MR) is 448 cm³/mol. The molecule has 0 spiro atoms. The van der Waals surface area contributed by atoms with Gasteiger partial charge in [-0.15, -0.1) is 0 Å². The number of H-pyrrole nitrogens is 2.